The molecule has 0 unspecified atom stereocenters. The molecule has 0 atom stereocenters. The van der Waals surface area contributed by atoms with Gasteiger partial charge >= 0.3 is 0 Å². The van der Waals surface area contributed by atoms with Gasteiger partial charge in [-0.2, -0.15) is 0 Å². The molecule has 110 valence electrons. The van der Waals surface area contributed by atoms with Crippen LogP contribution in [0.5, 0.6) is 11.5 Å². The van der Waals surface area contributed by atoms with Crippen LogP contribution in [0.4, 0.5) is 0 Å². The third-order valence-electron chi connectivity index (χ3n) is 3.89. The highest BCUT2D eigenvalue weighted by atomic mass is 16.7. The number of nitrogens with two attached hydrogens (primary N) is 1. The SMILES string of the molecule is CCC(N)(CC)C(=O)N(C)Cc1ccc2c(c1)OCO2. The molecule has 2 N–H and O–H groups in total. The molecule has 0 bridgehead atoms. The van der Waals surface area contributed by atoms with E-state index in [2.05, 4.69) is 0 Å². The number of hydrogen-bond acceptors (Lipinski definition) is 4. The molecule has 5 nitrogen and oxygen atoms in total. The summed E-state index contributed by atoms with van der Waals surface area (Å²) in [5.41, 5.74) is 6.38. The average molecular weight is 278 g/mol. The molecule has 2 rings (SSSR count). The lowest BCUT2D eigenvalue weighted by molar-refractivity contribution is -0.136. The molecule has 1 heterocycles. The first-order chi connectivity index (χ1) is 9.50. The van der Waals surface area contributed by atoms with Crippen LogP contribution in [0.25, 0.3) is 0 Å². The maximum atomic E-state index is 12.4. The summed E-state index contributed by atoms with van der Waals surface area (Å²) in [6, 6.07) is 5.71. The number of amides is 1. The molecule has 1 aliphatic heterocycles. The molecule has 0 saturated carbocycles. The van der Waals surface area contributed by atoms with Crippen molar-refractivity contribution in [1.82, 2.24) is 4.90 Å². The molecular formula is C15H22N2O3. The van der Waals surface area contributed by atoms with Crippen LogP contribution in [0.2, 0.25) is 0 Å². The lowest BCUT2D eigenvalue weighted by Crippen LogP contribution is -2.53. The number of rotatable bonds is 5. The molecule has 1 amide bonds. The quantitative estimate of drug-likeness (QED) is 0.893. The predicted molar refractivity (Wildman–Crippen MR) is 76.5 cm³/mol. The van der Waals surface area contributed by atoms with Crippen molar-refractivity contribution in [2.45, 2.75) is 38.8 Å². The second-order valence-electron chi connectivity index (χ2n) is 5.21. The summed E-state index contributed by atoms with van der Waals surface area (Å²) in [7, 11) is 1.78. The van der Waals surface area contributed by atoms with Gasteiger partial charge in [0.1, 0.15) is 0 Å². The van der Waals surface area contributed by atoms with Gasteiger partial charge in [-0.05, 0) is 30.5 Å². The minimum atomic E-state index is -0.773. The Morgan fingerprint density at radius 3 is 2.60 bits per heavy atom. The molecule has 0 saturated heterocycles. The second-order valence-corrected chi connectivity index (χ2v) is 5.21. The van der Waals surface area contributed by atoms with Crippen LogP contribution in [-0.2, 0) is 11.3 Å². The second kappa shape index (κ2) is 5.71. The number of nitrogens with zero attached hydrogens (tertiary/aromatic N) is 1. The number of fused-ring (bicyclic) bond motifs is 1. The Morgan fingerprint density at radius 2 is 1.95 bits per heavy atom. The van der Waals surface area contributed by atoms with E-state index in [-0.39, 0.29) is 12.7 Å². The lowest BCUT2D eigenvalue weighted by atomic mass is 9.92. The number of benzene rings is 1. The highest BCUT2D eigenvalue weighted by molar-refractivity contribution is 5.85. The summed E-state index contributed by atoms with van der Waals surface area (Å²) in [4.78, 5) is 14.1. The molecule has 1 aromatic carbocycles. The van der Waals surface area contributed by atoms with Crippen molar-refractivity contribution < 1.29 is 14.3 Å². The molecular weight excluding hydrogens is 256 g/mol. The summed E-state index contributed by atoms with van der Waals surface area (Å²) in [5, 5.41) is 0. The molecule has 0 fully saturated rings. The Balaban J connectivity index is 2.08. The summed E-state index contributed by atoms with van der Waals surface area (Å²) >= 11 is 0. The number of carbonyl (C=O) groups excluding carboxylic acids is 1. The van der Waals surface area contributed by atoms with Crippen molar-refractivity contribution in [2.24, 2.45) is 5.73 Å². The van der Waals surface area contributed by atoms with Crippen LogP contribution in [0.3, 0.4) is 0 Å². The van der Waals surface area contributed by atoms with E-state index in [0.717, 1.165) is 17.1 Å². The number of likely N-dealkylation sites (N-methyl/N-ethyl adjacent to an activating group) is 1. The topological polar surface area (TPSA) is 64.8 Å². The molecule has 20 heavy (non-hydrogen) atoms. The minimum absolute atomic E-state index is 0.0276. The molecule has 5 heteroatoms. The monoisotopic (exact) mass is 278 g/mol. The molecule has 0 spiro atoms. The van der Waals surface area contributed by atoms with Crippen LogP contribution < -0.4 is 15.2 Å². The molecule has 0 radical (unpaired) electrons. The van der Waals surface area contributed by atoms with Crippen molar-refractivity contribution in [1.29, 1.82) is 0 Å². The van der Waals surface area contributed by atoms with Gasteiger partial charge in [0, 0.05) is 13.6 Å². The lowest BCUT2D eigenvalue weighted by Gasteiger charge is -2.30. The maximum Gasteiger partial charge on any atom is 0.242 e. The zero-order valence-electron chi connectivity index (χ0n) is 12.3. The van der Waals surface area contributed by atoms with E-state index in [1.807, 2.05) is 32.0 Å². The number of carbonyl (C=O) groups is 1. The van der Waals surface area contributed by atoms with Gasteiger partial charge in [0.15, 0.2) is 11.5 Å². The van der Waals surface area contributed by atoms with Gasteiger partial charge < -0.3 is 20.1 Å². The van der Waals surface area contributed by atoms with Crippen molar-refractivity contribution in [2.75, 3.05) is 13.8 Å². The van der Waals surface area contributed by atoms with Crippen molar-refractivity contribution >= 4 is 5.91 Å². The first-order valence-corrected chi connectivity index (χ1v) is 6.93. The van der Waals surface area contributed by atoms with E-state index in [0.29, 0.717) is 19.4 Å². The fraction of sp³-hybridized carbons (Fsp3) is 0.533. The fourth-order valence-electron chi connectivity index (χ4n) is 2.32. The number of ether oxygens (including phenoxy) is 2. The molecule has 1 aromatic rings. The van der Waals surface area contributed by atoms with Gasteiger partial charge in [0.25, 0.3) is 0 Å². The Hall–Kier alpha value is -1.75. The van der Waals surface area contributed by atoms with Crippen LogP contribution in [0, 0.1) is 0 Å². The standard InChI is InChI=1S/C15H22N2O3/c1-4-15(16,5-2)14(18)17(3)9-11-6-7-12-13(8-11)20-10-19-12/h6-8H,4-5,9-10,16H2,1-3H3. The van der Waals surface area contributed by atoms with Gasteiger partial charge in [-0.1, -0.05) is 19.9 Å². The normalized spacial score (nSPS) is 13.4. The molecule has 1 aliphatic rings. The summed E-state index contributed by atoms with van der Waals surface area (Å²) in [6.07, 6.45) is 1.27. The van der Waals surface area contributed by atoms with Gasteiger partial charge in [-0.3, -0.25) is 4.79 Å². The Bertz CT molecular complexity index is 498. The van der Waals surface area contributed by atoms with E-state index in [9.17, 15) is 4.79 Å². The van der Waals surface area contributed by atoms with Crippen LogP contribution in [0.1, 0.15) is 32.3 Å². The molecule has 0 aromatic heterocycles. The van der Waals surface area contributed by atoms with Crippen molar-refractivity contribution in [3.63, 3.8) is 0 Å². The first-order valence-electron chi connectivity index (χ1n) is 6.93. The maximum absolute atomic E-state index is 12.4. The average Bonchev–Trinajstić information content (AvgIpc) is 2.93. The van der Waals surface area contributed by atoms with Gasteiger partial charge in [-0.25, -0.2) is 0 Å². The molecule has 0 aliphatic carbocycles. The number of hydrogen-bond donors (Lipinski definition) is 1. The van der Waals surface area contributed by atoms with Crippen LogP contribution in [-0.4, -0.2) is 30.2 Å². The minimum Gasteiger partial charge on any atom is -0.454 e. The third kappa shape index (κ3) is 2.72. The smallest absolute Gasteiger partial charge is 0.242 e. The van der Waals surface area contributed by atoms with Gasteiger partial charge in [-0.15, -0.1) is 0 Å². The summed E-state index contributed by atoms with van der Waals surface area (Å²) in [6.45, 7) is 4.64. The highest BCUT2D eigenvalue weighted by Crippen LogP contribution is 2.32. The van der Waals surface area contributed by atoms with Crippen LogP contribution in [0.15, 0.2) is 18.2 Å². The summed E-state index contributed by atoms with van der Waals surface area (Å²) < 4.78 is 10.6. The van der Waals surface area contributed by atoms with E-state index >= 15 is 0 Å². The van der Waals surface area contributed by atoms with E-state index in [4.69, 9.17) is 15.2 Å². The van der Waals surface area contributed by atoms with E-state index in [1.165, 1.54) is 0 Å². The first kappa shape index (κ1) is 14.7. The Morgan fingerprint density at radius 1 is 1.30 bits per heavy atom. The van der Waals surface area contributed by atoms with Gasteiger partial charge in [0.2, 0.25) is 12.7 Å². The predicted octanol–water partition coefficient (Wildman–Crippen LogP) is 1.89. The van der Waals surface area contributed by atoms with E-state index < -0.39 is 5.54 Å². The van der Waals surface area contributed by atoms with Crippen molar-refractivity contribution in [3.05, 3.63) is 23.8 Å². The Kier molecular flexibility index (Phi) is 4.18. The third-order valence-corrected chi connectivity index (χ3v) is 3.89. The zero-order valence-corrected chi connectivity index (χ0v) is 12.3. The van der Waals surface area contributed by atoms with E-state index in [1.54, 1.807) is 11.9 Å². The van der Waals surface area contributed by atoms with Gasteiger partial charge in [0.05, 0.1) is 5.54 Å². The zero-order chi connectivity index (χ0) is 14.8. The van der Waals surface area contributed by atoms with Crippen molar-refractivity contribution in [3.8, 4) is 11.5 Å². The largest absolute Gasteiger partial charge is 0.454 e. The fourth-order valence-corrected chi connectivity index (χ4v) is 2.32. The highest BCUT2D eigenvalue weighted by Gasteiger charge is 2.32. The Labute approximate surface area is 119 Å². The van der Waals surface area contributed by atoms with Crippen LogP contribution >= 0.6 is 0 Å². The summed E-state index contributed by atoms with van der Waals surface area (Å²) in [5.74, 6) is 1.45.